The molecule has 0 fully saturated rings. The van der Waals surface area contributed by atoms with Crippen LogP contribution in [0.3, 0.4) is 0 Å². The molecular formula is C28H29F3N2S. The van der Waals surface area contributed by atoms with E-state index in [1.807, 2.05) is 0 Å². The molecule has 0 bridgehead atoms. The molecule has 4 rings (SSSR count). The molecule has 0 amide bonds. The van der Waals surface area contributed by atoms with Gasteiger partial charge in [-0.1, -0.05) is 79.2 Å². The lowest BCUT2D eigenvalue weighted by Gasteiger charge is -2.18. The number of hydrogen-bond donors (Lipinski definition) is 1. The molecule has 178 valence electrons. The van der Waals surface area contributed by atoms with Gasteiger partial charge in [-0.3, -0.25) is 10.3 Å². The molecule has 3 aromatic carbocycles. The van der Waals surface area contributed by atoms with E-state index in [0.29, 0.717) is 12.5 Å². The van der Waals surface area contributed by atoms with Gasteiger partial charge in [-0.25, -0.2) is 0 Å². The monoisotopic (exact) mass is 482 g/mol. The van der Waals surface area contributed by atoms with Gasteiger partial charge in [-0.05, 0) is 48.1 Å². The summed E-state index contributed by atoms with van der Waals surface area (Å²) in [6, 6.07) is 26.7. The van der Waals surface area contributed by atoms with Crippen molar-refractivity contribution < 1.29 is 13.2 Å². The highest BCUT2D eigenvalue weighted by atomic mass is 32.2. The van der Waals surface area contributed by atoms with Crippen molar-refractivity contribution in [1.29, 1.82) is 0 Å². The number of hydrogen-bond acceptors (Lipinski definition) is 3. The summed E-state index contributed by atoms with van der Waals surface area (Å²) in [5.41, 5.74) is 2.92. The molecule has 0 saturated carbocycles. The molecule has 3 aromatic rings. The Morgan fingerprint density at radius 3 is 2.06 bits per heavy atom. The van der Waals surface area contributed by atoms with E-state index in [1.54, 1.807) is 11.8 Å². The van der Waals surface area contributed by atoms with Crippen LogP contribution in [0.5, 0.6) is 0 Å². The quantitative estimate of drug-likeness (QED) is 0.300. The molecule has 1 heterocycles. The van der Waals surface area contributed by atoms with Crippen LogP contribution in [-0.2, 0) is 12.7 Å². The number of rotatable bonds is 10. The fraction of sp³-hybridized carbons (Fsp3) is 0.321. The van der Waals surface area contributed by atoms with Crippen molar-refractivity contribution in [2.75, 3.05) is 5.75 Å². The Labute approximate surface area is 203 Å². The highest BCUT2D eigenvalue weighted by molar-refractivity contribution is 8.14. The van der Waals surface area contributed by atoms with Crippen molar-refractivity contribution in [3.05, 3.63) is 107 Å². The number of thioether (sulfide) groups is 1. The Bertz CT molecular complexity index is 1010. The van der Waals surface area contributed by atoms with Crippen molar-refractivity contribution in [2.24, 2.45) is 4.99 Å². The lowest BCUT2D eigenvalue weighted by Crippen LogP contribution is -2.26. The van der Waals surface area contributed by atoms with Crippen LogP contribution in [0.25, 0.3) is 0 Å². The molecule has 1 atom stereocenters. The zero-order valence-corrected chi connectivity index (χ0v) is 19.8. The van der Waals surface area contributed by atoms with Gasteiger partial charge in [-0.2, -0.15) is 13.2 Å². The maximum absolute atomic E-state index is 12.7. The lowest BCUT2D eigenvalue weighted by molar-refractivity contribution is -0.137. The first-order valence-corrected chi connectivity index (χ1v) is 12.7. The van der Waals surface area contributed by atoms with E-state index in [4.69, 9.17) is 4.99 Å². The van der Waals surface area contributed by atoms with Gasteiger partial charge in [0.1, 0.15) is 6.17 Å². The maximum atomic E-state index is 12.7. The number of benzene rings is 3. The molecule has 1 aliphatic rings. The first-order valence-electron chi connectivity index (χ1n) is 11.7. The minimum atomic E-state index is -4.30. The highest BCUT2D eigenvalue weighted by Gasteiger charge is 2.30. The lowest BCUT2D eigenvalue weighted by atomic mass is 9.87. The average molecular weight is 483 g/mol. The van der Waals surface area contributed by atoms with Gasteiger partial charge in [0.05, 0.1) is 10.6 Å². The van der Waals surface area contributed by atoms with Crippen LogP contribution >= 0.6 is 11.8 Å². The zero-order chi connectivity index (χ0) is 23.8. The van der Waals surface area contributed by atoms with Gasteiger partial charge in [0.2, 0.25) is 0 Å². The second-order valence-corrected chi connectivity index (χ2v) is 9.64. The molecule has 34 heavy (non-hydrogen) atoms. The van der Waals surface area contributed by atoms with Crippen LogP contribution in [0.15, 0.2) is 89.9 Å². The van der Waals surface area contributed by atoms with Crippen LogP contribution in [0, 0.1) is 0 Å². The second kappa shape index (κ2) is 11.7. The van der Waals surface area contributed by atoms with E-state index in [1.165, 1.54) is 28.3 Å². The van der Waals surface area contributed by atoms with Gasteiger partial charge in [0.15, 0.2) is 0 Å². The fourth-order valence-electron chi connectivity index (χ4n) is 4.23. The van der Waals surface area contributed by atoms with Crippen molar-refractivity contribution in [2.45, 2.75) is 50.5 Å². The topological polar surface area (TPSA) is 24.4 Å². The molecule has 0 aliphatic carbocycles. The van der Waals surface area contributed by atoms with E-state index < -0.39 is 11.7 Å². The van der Waals surface area contributed by atoms with E-state index >= 15 is 0 Å². The molecule has 0 spiro atoms. The Morgan fingerprint density at radius 1 is 0.853 bits per heavy atom. The van der Waals surface area contributed by atoms with E-state index in [2.05, 4.69) is 66.0 Å². The Morgan fingerprint density at radius 2 is 1.47 bits per heavy atom. The summed E-state index contributed by atoms with van der Waals surface area (Å²) in [5, 5.41) is 4.52. The predicted octanol–water partition coefficient (Wildman–Crippen LogP) is 7.66. The first-order chi connectivity index (χ1) is 16.5. The molecule has 1 aliphatic heterocycles. The summed E-state index contributed by atoms with van der Waals surface area (Å²) in [6.07, 6.45) is 0.00516. The molecule has 1 unspecified atom stereocenters. The van der Waals surface area contributed by atoms with Gasteiger partial charge >= 0.3 is 6.18 Å². The number of aliphatic imine (C=N–C) groups is 1. The summed E-state index contributed by atoms with van der Waals surface area (Å²) in [7, 11) is 0. The van der Waals surface area contributed by atoms with Crippen LogP contribution in [0.4, 0.5) is 13.2 Å². The van der Waals surface area contributed by atoms with Crippen molar-refractivity contribution in [1.82, 2.24) is 5.32 Å². The van der Waals surface area contributed by atoms with Crippen LogP contribution in [-0.4, -0.2) is 17.0 Å². The first kappa shape index (κ1) is 24.6. The van der Waals surface area contributed by atoms with Crippen LogP contribution < -0.4 is 5.32 Å². The molecule has 2 nitrogen and oxygen atoms in total. The zero-order valence-electron chi connectivity index (χ0n) is 19.0. The number of unbranched alkanes of at least 4 members (excludes halogenated alkanes) is 1. The minimum Gasteiger partial charge on any atom is -0.291 e. The number of nitrogens with one attached hydrogen (secondary N) is 1. The van der Waals surface area contributed by atoms with Crippen molar-refractivity contribution >= 4 is 16.8 Å². The van der Waals surface area contributed by atoms with Crippen molar-refractivity contribution in [3.8, 4) is 0 Å². The average Bonchev–Trinajstić information content (AvgIpc) is 3.31. The molecule has 0 aromatic heterocycles. The van der Waals surface area contributed by atoms with Crippen LogP contribution in [0.2, 0.25) is 0 Å². The second-order valence-electron chi connectivity index (χ2n) is 8.54. The third kappa shape index (κ3) is 6.97. The minimum absolute atomic E-state index is 0.0173. The molecular weight excluding hydrogens is 453 g/mol. The van der Waals surface area contributed by atoms with Crippen molar-refractivity contribution in [3.63, 3.8) is 0 Å². The highest BCUT2D eigenvalue weighted by Crippen LogP contribution is 2.31. The largest absolute Gasteiger partial charge is 0.416 e. The van der Waals surface area contributed by atoms with E-state index in [9.17, 15) is 13.2 Å². The Hall–Kier alpha value is -2.57. The Kier molecular flexibility index (Phi) is 8.46. The van der Waals surface area contributed by atoms with Gasteiger partial charge in [0.25, 0.3) is 0 Å². The van der Waals surface area contributed by atoms with E-state index in [-0.39, 0.29) is 6.17 Å². The maximum Gasteiger partial charge on any atom is 0.416 e. The molecule has 6 heteroatoms. The third-order valence-corrected chi connectivity index (χ3v) is 7.19. The smallest absolute Gasteiger partial charge is 0.291 e. The predicted molar refractivity (Wildman–Crippen MR) is 135 cm³/mol. The number of nitrogens with zero attached hydrogens (tertiary/aromatic N) is 1. The molecule has 1 N–H and O–H groups in total. The van der Waals surface area contributed by atoms with Crippen LogP contribution in [0.1, 0.15) is 53.9 Å². The van der Waals surface area contributed by atoms with Gasteiger partial charge in [-0.15, -0.1) is 11.8 Å². The Balaban J connectivity index is 1.23. The summed E-state index contributed by atoms with van der Waals surface area (Å²) in [4.78, 5) is 4.78. The standard InChI is InChI=1S/C28H29F3N2S/c29-28(30,31)24-17-15-21(16-18-24)19-32-26-20-34-27(33-26)14-8-7-13-25(22-9-3-1-4-10-22)23-11-5-2-6-12-23/h1-6,9-12,15-18,25-26,32H,7-8,13-14,19-20H2. The molecule has 0 saturated heterocycles. The number of halogens is 3. The number of alkyl halides is 3. The fourth-order valence-corrected chi connectivity index (χ4v) is 5.27. The summed E-state index contributed by atoms with van der Waals surface area (Å²) < 4.78 is 38.1. The van der Waals surface area contributed by atoms with E-state index in [0.717, 1.165) is 49.1 Å². The third-order valence-electron chi connectivity index (χ3n) is 6.07. The summed E-state index contributed by atoms with van der Waals surface area (Å²) in [6.45, 7) is 0.510. The van der Waals surface area contributed by atoms with Gasteiger partial charge < -0.3 is 0 Å². The van der Waals surface area contributed by atoms with Gasteiger partial charge in [0, 0.05) is 18.2 Å². The summed E-state index contributed by atoms with van der Waals surface area (Å²) >= 11 is 1.78. The SMILES string of the molecule is FC(F)(F)c1ccc(CNC2CSC(CCCCC(c3ccccc3)c3ccccc3)=N2)cc1. The molecule has 0 radical (unpaired) electrons. The normalized spacial score (nSPS) is 16.1. The summed E-state index contributed by atoms with van der Waals surface area (Å²) in [5.74, 6) is 1.27.